The quantitative estimate of drug-likeness (QED) is 0.806. The van der Waals surface area contributed by atoms with Crippen molar-refractivity contribution < 1.29 is 0 Å². The number of aryl methyl sites for hydroxylation is 1. The third kappa shape index (κ3) is 4.26. The number of nitrogens with zero attached hydrogens (tertiary/aromatic N) is 2. The summed E-state index contributed by atoms with van der Waals surface area (Å²) in [6.07, 6.45) is 3.24. The van der Waals surface area contributed by atoms with E-state index < -0.39 is 0 Å². The van der Waals surface area contributed by atoms with Gasteiger partial charge in [0.1, 0.15) is 16.2 Å². The Morgan fingerprint density at radius 2 is 1.88 bits per heavy atom. The van der Waals surface area contributed by atoms with Crippen molar-refractivity contribution in [2.75, 3.05) is 5.32 Å². The van der Waals surface area contributed by atoms with E-state index in [4.69, 9.17) is 0 Å². The Hall–Kier alpha value is -0.640. The third-order valence-electron chi connectivity index (χ3n) is 3.19. The average Bonchev–Trinajstić information content (AvgIpc) is 2.29. The summed E-state index contributed by atoms with van der Waals surface area (Å²) in [4.78, 5) is 8.80. The van der Waals surface area contributed by atoms with Crippen molar-refractivity contribution in [2.45, 2.75) is 53.0 Å². The fourth-order valence-electron chi connectivity index (χ4n) is 2.04. The minimum atomic E-state index is 0.441. The summed E-state index contributed by atoms with van der Waals surface area (Å²) in [7, 11) is 0. The van der Waals surface area contributed by atoms with Crippen LogP contribution < -0.4 is 5.32 Å². The van der Waals surface area contributed by atoms with Gasteiger partial charge in [0, 0.05) is 18.5 Å². The second-order valence-electron chi connectivity index (χ2n) is 4.36. The maximum absolute atomic E-state index is 4.49. The summed E-state index contributed by atoms with van der Waals surface area (Å²) in [5.41, 5.74) is 0. The minimum Gasteiger partial charge on any atom is -0.367 e. The van der Waals surface area contributed by atoms with Crippen molar-refractivity contribution in [1.82, 2.24) is 9.97 Å². The molecule has 1 rings (SSSR count). The van der Waals surface area contributed by atoms with Crippen LogP contribution in [-0.4, -0.2) is 16.0 Å². The fourth-order valence-corrected chi connectivity index (χ4v) is 2.47. The van der Waals surface area contributed by atoms with Gasteiger partial charge in [-0.25, -0.2) is 9.97 Å². The van der Waals surface area contributed by atoms with Gasteiger partial charge in [-0.05, 0) is 28.8 Å². The first-order valence-electron chi connectivity index (χ1n) is 6.40. The predicted octanol–water partition coefficient (Wildman–Crippen LogP) is 4.04. The van der Waals surface area contributed by atoms with Crippen LogP contribution in [0.5, 0.6) is 0 Å². The van der Waals surface area contributed by atoms with E-state index >= 15 is 0 Å². The lowest BCUT2D eigenvalue weighted by Gasteiger charge is -2.23. The molecule has 0 radical (unpaired) electrons. The Morgan fingerprint density at radius 3 is 2.41 bits per heavy atom. The van der Waals surface area contributed by atoms with Gasteiger partial charge in [0.2, 0.25) is 0 Å². The average molecular weight is 300 g/mol. The molecule has 0 spiro atoms. The second kappa shape index (κ2) is 6.94. The highest BCUT2D eigenvalue weighted by Crippen LogP contribution is 2.19. The van der Waals surface area contributed by atoms with Gasteiger partial charge >= 0.3 is 0 Å². The minimum absolute atomic E-state index is 0.441. The molecule has 1 aromatic rings. The summed E-state index contributed by atoms with van der Waals surface area (Å²) in [6, 6.07) is 2.38. The molecule has 0 saturated carbocycles. The Morgan fingerprint density at radius 1 is 1.24 bits per heavy atom. The molecule has 1 atom stereocenters. The van der Waals surface area contributed by atoms with E-state index in [2.05, 4.69) is 58.9 Å². The first kappa shape index (κ1) is 14.4. The summed E-state index contributed by atoms with van der Waals surface area (Å²) in [6.45, 7) is 8.76. The summed E-state index contributed by atoms with van der Waals surface area (Å²) in [5, 5.41) is 3.48. The topological polar surface area (TPSA) is 37.8 Å². The maximum atomic E-state index is 4.49. The van der Waals surface area contributed by atoms with Crippen LogP contribution in [0.15, 0.2) is 10.7 Å². The van der Waals surface area contributed by atoms with Gasteiger partial charge in [0.25, 0.3) is 0 Å². The van der Waals surface area contributed by atoms with E-state index in [9.17, 15) is 0 Å². The van der Waals surface area contributed by atoms with E-state index in [0.717, 1.165) is 22.7 Å². The van der Waals surface area contributed by atoms with Crippen LogP contribution in [-0.2, 0) is 6.42 Å². The molecule has 17 heavy (non-hydrogen) atoms. The Labute approximate surface area is 113 Å². The largest absolute Gasteiger partial charge is 0.367 e. The van der Waals surface area contributed by atoms with Crippen LogP contribution in [0.2, 0.25) is 0 Å². The molecule has 0 aliphatic heterocycles. The van der Waals surface area contributed by atoms with Gasteiger partial charge in [-0.2, -0.15) is 0 Å². The van der Waals surface area contributed by atoms with E-state index in [1.165, 1.54) is 12.8 Å². The van der Waals surface area contributed by atoms with Crippen LogP contribution in [0.3, 0.4) is 0 Å². The molecule has 0 aromatic carbocycles. The highest BCUT2D eigenvalue weighted by atomic mass is 79.9. The molecular weight excluding hydrogens is 278 g/mol. The van der Waals surface area contributed by atoms with Crippen molar-refractivity contribution in [3.63, 3.8) is 0 Å². The number of rotatable bonds is 6. The lowest BCUT2D eigenvalue weighted by Crippen LogP contribution is -2.25. The lowest BCUT2D eigenvalue weighted by molar-refractivity contribution is 0.437. The number of halogens is 1. The van der Waals surface area contributed by atoms with Gasteiger partial charge in [-0.3, -0.25) is 0 Å². The van der Waals surface area contributed by atoms with Crippen LogP contribution >= 0.6 is 15.9 Å². The first-order chi connectivity index (χ1) is 8.10. The van der Waals surface area contributed by atoms with E-state index in [1.807, 2.05) is 6.07 Å². The molecule has 1 heterocycles. The molecule has 0 fully saturated rings. The van der Waals surface area contributed by atoms with Crippen molar-refractivity contribution in [1.29, 1.82) is 0 Å². The van der Waals surface area contributed by atoms with E-state index in [1.54, 1.807) is 0 Å². The molecule has 4 heteroatoms. The monoisotopic (exact) mass is 299 g/mol. The molecule has 0 aliphatic carbocycles. The summed E-state index contributed by atoms with van der Waals surface area (Å²) >= 11 is 3.42. The smallest absolute Gasteiger partial charge is 0.131 e. The number of hydrogen-bond acceptors (Lipinski definition) is 3. The molecule has 96 valence electrons. The van der Waals surface area contributed by atoms with Crippen LogP contribution in [0.25, 0.3) is 0 Å². The molecular formula is C13H22BrN3. The maximum Gasteiger partial charge on any atom is 0.131 e. The van der Waals surface area contributed by atoms with Gasteiger partial charge in [-0.15, -0.1) is 0 Å². The Kier molecular flexibility index (Phi) is 5.89. The molecule has 1 aromatic heterocycles. The first-order valence-corrected chi connectivity index (χ1v) is 7.19. The number of anilines is 1. The highest BCUT2D eigenvalue weighted by Gasteiger charge is 2.14. The zero-order chi connectivity index (χ0) is 12.8. The Balaban J connectivity index is 2.76. The molecule has 0 bridgehead atoms. The van der Waals surface area contributed by atoms with E-state index in [-0.39, 0.29) is 0 Å². The van der Waals surface area contributed by atoms with Crippen molar-refractivity contribution in [2.24, 2.45) is 5.92 Å². The van der Waals surface area contributed by atoms with E-state index in [0.29, 0.717) is 12.0 Å². The molecule has 0 amide bonds. The molecule has 0 aliphatic rings. The highest BCUT2D eigenvalue weighted by molar-refractivity contribution is 9.10. The number of nitrogens with one attached hydrogen (secondary N) is 1. The van der Waals surface area contributed by atoms with Gasteiger partial charge < -0.3 is 5.32 Å². The van der Waals surface area contributed by atoms with Gasteiger partial charge in [0.05, 0.1) is 0 Å². The lowest BCUT2D eigenvalue weighted by atomic mass is 9.95. The summed E-state index contributed by atoms with van der Waals surface area (Å²) in [5.74, 6) is 2.48. The van der Waals surface area contributed by atoms with Gasteiger partial charge in [-0.1, -0.05) is 33.6 Å². The van der Waals surface area contributed by atoms with Crippen LogP contribution in [0.4, 0.5) is 5.82 Å². The zero-order valence-electron chi connectivity index (χ0n) is 11.1. The molecule has 0 saturated heterocycles. The normalized spacial score (nSPS) is 12.8. The second-order valence-corrected chi connectivity index (χ2v) is 5.17. The fraction of sp³-hybridized carbons (Fsp3) is 0.692. The van der Waals surface area contributed by atoms with Crippen LogP contribution in [0, 0.1) is 5.92 Å². The van der Waals surface area contributed by atoms with Crippen molar-refractivity contribution in [3.8, 4) is 0 Å². The SMILES string of the molecule is CCc1nc(Br)cc(NC(C)C(CC)CC)n1. The third-order valence-corrected chi connectivity index (χ3v) is 3.60. The van der Waals surface area contributed by atoms with Crippen molar-refractivity contribution in [3.05, 3.63) is 16.5 Å². The molecule has 1 unspecified atom stereocenters. The van der Waals surface area contributed by atoms with Crippen LogP contribution in [0.1, 0.15) is 46.4 Å². The van der Waals surface area contributed by atoms with Gasteiger partial charge in [0.15, 0.2) is 0 Å². The van der Waals surface area contributed by atoms with Crippen molar-refractivity contribution >= 4 is 21.7 Å². The Bertz CT molecular complexity index is 351. The predicted molar refractivity (Wildman–Crippen MR) is 76.3 cm³/mol. The molecule has 3 nitrogen and oxygen atoms in total. The molecule has 1 N–H and O–H groups in total. The zero-order valence-corrected chi connectivity index (χ0v) is 12.7. The summed E-state index contributed by atoms with van der Waals surface area (Å²) < 4.78 is 0.851. The number of hydrogen-bond donors (Lipinski definition) is 1. The number of aromatic nitrogens is 2. The standard InChI is InChI=1S/C13H22BrN3/c1-5-10(6-2)9(4)15-13-8-11(14)16-12(7-3)17-13/h8-10H,5-7H2,1-4H3,(H,15,16,17).